The third-order valence-corrected chi connectivity index (χ3v) is 5.30. The van der Waals surface area contributed by atoms with Crippen LogP contribution in [0.2, 0.25) is 0 Å². The van der Waals surface area contributed by atoms with Gasteiger partial charge in [0.1, 0.15) is 15.8 Å². The Labute approximate surface area is 161 Å². The Bertz CT molecular complexity index is 995. The van der Waals surface area contributed by atoms with Crippen molar-refractivity contribution < 1.29 is 4.79 Å². The second-order valence-electron chi connectivity index (χ2n) is 6.29. The molecule has 1 N–H and O–H groups in total. The van der Waals surface area contributed by atoms with Crippen LogP contribution in [0.25, 0.3) is 11.7 Å². The zero-order valence-corrected chi connectivity index (χ0v) is 16.7. The number of nitrogens with zero attached hydrogens (tertiary/aromatic N) is 3. The van der Waals surface area contributed by atoms with Crippen LogP contribution in [0.1, 0.15) is 31.9 Å². The van der Waals surface area contributed by atoms with Gasteiger partial charge in [-0.1, -0.05) is 30.0 Å². The van der Waals surface area contributed by atoms with Gasteiger partial charge in [0.05, 0.1) is 10.5 Å². The number of thioether (sulfide) groups is 1. The van der Waals surface area contributed by atoms with Gasteiger partial charge in [-0.05, 0) is 45.4 Å². The number of nitrogens with one attached hydrogen (secondary N) is 1. The average Bonchev–Trinajstić information content (AvgIpc) is 2.86. The van der Waals surface area contributed by atoms with Crippen LogP contribution < -0.4 is 10.9 Å². The molecule has 0 aromatic carbocycles. The number of carbonyl (C=O) groups is 1. The summed E-state index contributed by atoms with van der Waals surface area (Å²) in [5.74, 6) is 0.294. The molecule has 2 aromatic heterocycles. The first-order chi connectivity index (χ1) is 12.3. The van der Waals surface area contributed by atoms with E-state index >= 15 is 0 Å². The maximum absolute atomic E-state index is 13.0. The Kier molecular flexibility index (Phi) is 5.15. The van der Waals surface area contributed by atoms with Gasteiger partial charge in [-0.15, -0.1) is 0 Å². The monoisotopic (exact) mass is 388 g/mol. The Morgan fingerprint density at radius 1 is 1.35 bits per heavy atom. The highest BCUT2D eigenvalue weighted by Gasteiger charge is 2.34. The zero-order chi connectivity index (χ0) is 19.0. The number of pyridine rings is 1. The van der Waals surface area contributed by atoms with Gasteiger partial charge in [0, 0.05) is 18.8 Å². The van der Waals surface area contributed by atoms with E-state index in [1.807, 2.05) is 33.8 Å². The lowest BCUT2D eigenvalue weighted by atomic mass is 10.2. The molecule has 0 bridgehead atoms. The minimum Gasteiger partial charge on any atom is -0.370 e. The molecule has 1 fully saturated rings. The van der Waals surface area contributed by atoms with Gasteiger partial charge in [0.15, 0.2) is 0 Å². The van der Waals surface area contributed by atoms with E-state index < -0.39 is 0 Å². The maximum atomic E-state index is 13.0. The number of hydrogen-bond acceptors (Lipinski definition) is 6. The molecule has 3 heterocycles. The largest absolute Gasteiger partial charge is 0.370 e. The van der Waals surface area contributed by atoms with Crippen LogP contribution in [-0.4, -0.2) is 37.1 Å². The number of carbonyl (C=O) groups excluding carboxylic acids is 1. The summed E-state index contributed by atoms with van der Waals surface area (Å²) in [7, 11) is 0. The Hall–Kier alpha value is -2.19. The summed E-state index contributed by atoms with van der Waals surface area (Å²) < 4.78 is 2.01. The maximum Gasteiger partial charge on any atom is 0.267 e. The van der Waals surface area contributed by atoms with Crippen molar-refractivity contribution in [1.82, 2.24) is 14.3 Å². The molecule has 136 valence electrons. The third kappa shape index (κ3) is 3.26. The first-order valence-electron chi connectivity index (χ1n) is 8.37. The number of fused-ring (bicyclic) bond motifs is 1. The number of hydrogen-bond donors (Lipinski definition) is 1. The number of thiocarbonyl (C=S) groups is 1. The molecule has 8 heteroatoms. The van der Waals surface area contributed by atoms with Gasteiger partial charge in [-0.2, -0.15) is 0 Å². The van der Waals surface area contributed by atoms with Crippen LogP contribution in [0.5, 0.6) is 0 Å². The summed E-state index contributed by atoms with van der Waals surface area (Å²) in [6, 6.07) is 3.69. The van der Waals surface area contributed by atoms with Crippen LogP contribution in [0.3, 0.4) is 0 Å². The molecule has 0 spiro atoms. The normalized spacial score (nSPS) is 16.3. The lowest BCUT2D eigenvalue weighted by Crippen LogP contribution is -2.34. The summed E-state index contributed by atoms with van der Waals surface area (Å²) in [5, 5.41) is 3.12. The standard InChI is InChI=1S/C18H20N4O2S2/c1-5-19-15-12(8-13-17(24)22(10(2)3)18(25)26-13)16(23)21-9-11(4)6-7-14(21)20-15/h6-10,19H,5H2,1-4H3/b13-8+. The van der Waals surface area contributed by atoms with Crippen molar-refractivity contribution in [1.29, 1.82) is 0 Å². The average molecular weight is 389 g/mol. The Morgan fingerprint density at radius 2 is 2.08 bits per heavy atom. The molecular weight excluding hydrogens is 368 g/mol. The van der Waals surface area contributed by atoms with Crippen molar-refractivity contribution >= 4 is 51.7 Å². The summed E-state index contributed by atoms with van der Waals surface area (Å²) in [5.41, 5.74) is 1.65. The molecule has 1 aliphatic rings. The quantitative estimate of drug-likeness (QED) is 0.641. The SMILES string of the molecule is CCNc1nc2ccc(C)cn2c(=O)c1/C=C1/SC(=S)N(C(C)C)C1=O. The lowest BCUT2D eigenvalue weighted by Gasteiger charge is -2.18. The summed E-state index contributed by atoms with van der Waals surface area (Å²) in [6.07, 6.45) is 3.35. The van der Waals surface area contributed by atoms with E-state index in [0.29, 0.717) is 32.8 Å². The molecule has 26 heavy (non-hydrogen) atoms. The van der Waals surface area contributed by atoms with E-state index in [0.717, 1.165) is 5.56 Å². The van der Waals surface area contributed by atoms with Crippen molar-refractivity contribution in [3.63, 3.8) is 0 Å². The van der Waals surface area contributed by atoms with Crippen LogP contribution in [-0.2, 0) is 4.79 Å². The van der Waals surface area contributed by atoms with E-state index in [2.05, 4.69) is 10.3 Å². The topological polar surface area (TPSA) is 66.7 Å². The van der Waals surface area contributed by atoms with Gasteiger partial charge in [-0.3, -0.25) is 18.9 Å². The number of rotatable bonds is 4. The van der Waals surface area contributed by atoms with Crippen molar-refractivity contribution in [2.75, 3.05) is 11.9 Å². The molecule has 0 atom stereocenters. The van der Waals surface area contributed by atoms with E-state index in [-0.39, 0.29) is 17.5 Å². The predicted octanol–water partition coefficient (Wildman–Crippen LogP) is 3.04. The van der Waals surface area contributed by atoms with Crippen LogP contribution in [0.4, 0.5) is 5.82 Å². The number of anilines is 1. The summed E-state index contributed by atoms with van der Waals surface area (Å²) >= 11 is 6.52. The Balaban J connectivity index is 2.19. The molecular formula is C18H20N4O2S2. The first kappa shape index (κ1) is 18.6. The molecule has 2 aromatic rings. The molecule has 1 saturated heterocycles. The number of aryl methyl sites for hydroxylation is 1. The van der Waals surface area contributed by atoms with Crippen molar-refractivity contribution in [2.45, 2.75) is 33.7 Å². The molecule has 3 rings (SSSR count). The smallest absolute Gasteiger partial charge is 0.267 e. The second kappa shape index (κ2) is 7.20. The zero-order valence-electron chi connectivity index (χ0n) is 15.1. The van der Waals surface area contributed by atoms with Crippen molar-refractivity contribution in [3.8, 4) is 0 Å². The van der Waals surface area contributed by atoms with E-state index in [1.54, 1.807) is 23.2 Å². The molecule has 1 aliphatic heterocycles. The molecule has 1 amide bonds. The highest BCUT2D eigenvalue weighted by molar-refractivity contribution is 8.26. The van der Waals surface area contributed by atoms with Gasteiger partial charge in [-0.25, -0.2) is 4.98 Å². The fraction of sp³-hybridized carbons (Fsp3) is 0.333. The van der Waals surface area contributed by atoms with E-state index in [9.17, 15) is 9.59 Å². The van der Waals surface area contributed by atoms with Crippen molar-refractivity contribution in [2.24, 2.45) is 0 Å². The second-order valence-corrected chi connectivity index (χ2v) is 7.97. The molecule has 6 nitrogen and oxygen atoms in total. The number of aromatic nitrogens is 2. The third-order valence-electron chi connectivity index (χ3n) is 3.97. The first-order valence-corrected chi connectivity index (χ1v) is 9.60. The lowest BCUT2D eigenvalue weighted by molar-refractivity contribution is -0.123. The van der Waals surface area contributed by atoms with Crippen LogP contribution in [0.15, 0.2) is 28.0 Å². The van der Waals surface area contributed by atoms with Crippen molar-refractivity contribution in [3.05, 3.63) is 44.7 Å². The van der Waals surface area contributed by atoms with Gasteiger partial charge in [0.25, 0.3) is 11.5 Å². The van der Waals surface area contributed by atoms with E-state index in [1.165, 1.54) is 16.2 Å². The fourth-order valence-corrected chi connectivity index (χ4v) is 4.25. The molecule has 0 saturated carbocycles. The minimum atomic E-state index is -0.218. The van der Waals surface area contributed by atoms with E-state index in [4.69, 9.17) is 12.2 Å². The van der Waals surface area contributed by atoms with Crippen LogP contribution >= 0.6 is 24.0 Å². The fourth-order valence-electron chi connectivity index (χ4n) is 2.75. The van der Waals surface area contributed by atoms with Crippen LogP contribution in [0, 0.1) is 6.92 Å². The number of amides is 1. The summed E-state index contributed by atoms with van der Waals surface area (Å²) in [6.45, 7) is 8.28. The summed E-state index contributed by atoms with van der Waals surface area (Å²) in [4.78, 5) is 32.2. The minimum absolute atomic E-state index is 0.0277. The predicted molar refractivity (Wildman–Crippen MR) is 111 cm³/mol. The highest BCUT2D eigenvalue weighted by Crippen LogP contribution is 2.34. The molecule has 0 radical (unpaired) electrons. The molecule has 0 unspecified atom stereocenters. The molecule has 0 aliphatic carbocycles. The van der Waals surface area contributed by atoms with Gasteiger partial charge >= 0.3 is 0 Å². The highest BCUT2D eigenvalue weighted by atomic mass is 32.2. The van der Waals surface area contributed by atoms with Gasteiger partial charge in [0.2, 0.25) is 0 Å². The Morgan fingerprint density at radius 3 is 2.69 bits per heavy atom. The van der Waals surface area contributed by atoms with Gasteiger partial charge < -0.3 is 5.32 Å².